The van der Waals surface area contributed by atoms with Crippen LogP contribution in [0.5, 0.6) is 0 Å². The number of benzene rings is 1. The van der Waals surface area contributed by atoms with Crippen LogP contribution in [0.15, 0.2) is 35.5 Å². The zero-order chi connectivity index (χ0) is 19.8. The van der Waals surface area contributed by atoms with Crippen LogP contribution in [0.1, 0.15) is 55.0 Å². The highest BCUT2D eigenvalue weighted by Gasteiger charge is 2.37. The Hall–Kier alpha value is -2.89. The molecule has 4 rings (SSSR count). The molecule has 6 heteroatoms. The molecule has 1 aromatic carbocycles. The summed E-state index contributed by atoms with van der Waals surface area (Å²) in [4.78, 5) is 17.7. The fourth-order valence-electron chi connectivity index (χ4n) is 4.25. The Morgan fingerprint density at radius 3 is 2.71 bits per heavy atom. The van der Waals surface area contributed by atoms with E-state index in [0.717, 1.165) is 48.1 Å². The van der Waals surface area contributed by atoms with Gasteiger partial charge in [0, 0.05) is 28.6 Å². The summed E-state index contributed by atoms with van der Waals surface area (Å²) in [6, 6.07) is 6.19. The average Bonchev–Trinajstić information content (AvgIpc) is 2.68. The smallest absolute Gasteiger partial charge is 0.336 e. The van der Waals surface area contributed by atoms with Gasteiger partial charge in [-0.15, -0.1) is 0 Å². The second kappa shape index (κ2) is 7.26. The molecule has 5 nitrogen and oxygen atoms in total. The van der Waals surface area contributed by atoms with E-state index >= 15 is 0 Å². The molecule has 1 aliphatic heterocycles. The molecule has 0 bridgehead atoms. The normalized spacial score (nSPS) is 18.2. The van der Waals surface area contributed by atoms with E-state index in [9.17, 15) is 9.18 Å². The first-order chi connectivity index (χ1) is 13.5. The number of esters is 1. The fraction of sp³-hybridized carbons (Fsp3) is 0.364. The maximum Gasteiger partial charge on any atom is 0.336 e. The van der Waals surface area contributed by atoms with Gasteiger partial charge in [0.05, 0.1) is 12.2 Å². The molecule has 0 spiro atoms. The Kier molecular flexibility index (Phi) is 4.79. The molecule has 1 aliphatic carbocycles. The molecular formula is C22H24FN3O2. The van der Waals surface area contributed by atoms with Gasteiger partial charge >= 0.3 is 5.97 Å². The van der Waals surface area contributed by atoms with Crippen LogP contribution in [0, 0.1) is 5.82 Å². The van der Waals surface area contributed by atoms with E-state index in [0.29, 0.717) is 22.8 Å². The number of nitrogen functional groups attached to an aromatic ring is 1. The Balaban J connectivity index is 1.95. The summed E-state index contributed by atoms with van der Waals surface area (Å²) in [6.45, 7) is 3.89. The molecule has 0 saturated carbocycles. The average molecular weight is 381 g/mol. The standard InChI is InChI=1S/C22H24FN3O2/c1-3-28-22(27)17-12(2)25-21-19(18(17)13-8-10-14(23)11-9-13)20(24)15-6-4-5-7-16(15)26-21/h8-11,18H,3-7H2,1-2H3,(H3,24,25,26)/t18-/m0/s1. The van der Waals surface area contributed by atoms with E-state index in [1.165, 1.54) is 12.1 Å². The number of nitrogens with zero attached hydrogens (tertiary/aromatic N) is 1. The monoisotopic (exact) mass is 381 g/mol. The van der Waals surface area contributed by atoms with Crippen molar-refractivity contribution in [2.45, 2.75) is 45.4 Å². The van der Waals surface area contributed by atoms with Gasteiger partial charge < -0.3 is 15.8 Å². The van der Waals surface area contributed by atoms with E-state index in [1.807, 2.05) is 6.92 Å². The predicted octanol–water partition coefficient (Wildman–Crippen LogP) is 4.08. The summed E-state index contributed by atoms with van der Waals surface area (Å²) in [7, 11) is 0. The number of ether oxygens (including phenoxy) is 1. The van der Waals surface area contributed by atoms with Crippen LogP contribution in [0.4, 0.5) is 15.9 Å². The summed E-state index contributed by atoms with van der Waals surface area (Å²) in [6.07, 6.45) is 3.96. The summed E-state index contributed by atoms with van der Waals surface area (Å²) >= 11 is 0. The number of hydrogen-bond acceptors (Lipinski definition) is 5. The number of allylic oxidation sites excluding steroid dienone is 1. The number of carbonyl (C=O) groups excluding carboxylic acids is 1. The van der Waals surface area contributed by atoms with Crippen LogP contribution in [-0.2, 0) is 22.4 Å². The summed E-state index contributed by atoms with van der Waals surface area (Å²) in [5.74, 6) is -0.494. The van der Waals surface area contributed by atoms with Crippen molar-refractivity contribution < 1.29 is 13.9 Å². The van der Waals surface area contributed by atoms with Crippen LogP contribution < -0.4 is 11.1 Å². The molecule has 0 unspecified atom stereocenters. The molecular weight excluding hydrogens is 357 g/mol. The van der Waals surface area contributed by atoms with Crippen LogP contribution in [0.3, 0.4) is 0 Å². The van der Waals surface area contributed by atoms with Crippen molar-refractivity contribution in [3.63, 3.8) is 0 Å². The van der Waals surface area contributed by atoms with Crippen LogP contribution in [0.2, 0.25) is 0 Å². The largest absolute Gasteiger partial charge is 0.463 e. The van der Waals surface area contributed by atoms with Gasteiger partial charge in [0.15, 0.2) is 0 Å². The van der Waals surface area contributed by atoms with Crippen molar-refractivity contribution in [2.24, 2.45) is 0 Å². The van der Waals surface area contributed by atoms with E-state index in [-0.39, 0.29) is 12.4 Å². The number of anilines is 2. The lowest BCUT2D eigenvalue weighted by Crippen LogP contribution is -2.27. The van der Waals surface area contributed by atoms with Crippen LogP contribution in [-0.4, -0.2) is 17.6 Å². The SMILES string of the molecule is CCOC(=O)C1=C(C)Nc2nc3c(c(N)c2[C@H]1c1ccc(F)cc1)CCCC3. The van der Waals surface area contributed by atoms with E-state index in [4.69, 9.17) is 15.5 Å². The van der Waals surface area contributed by atoms with Crippen molar-refractivity contribution >= 4 is 17.5 Å². The minimum absolute atomic E-state index is 0.274. The Morgan fingerprint density at radius 1 is 1.29 bits per heavy atom. The number of aryl methyl sites for hydroxylation is 1. The van der Waals surface area contributed by atoms with Gasteiger partial charge in [-0.3, -0.25) is 0 Å². The van der Waals surface area contributed by atoms with Gasteiger partial charge in [-0.05, 0) is 62.8 Å². The Morgan fingerprint density at radius 2 is 2.00 bits per heavy atom. The number of fused-ring (bicyclic) bond motifs is 2. The number of nitrogens with two attached hydrogens (primary N) is 1. The van der Waals surface area contributed by atoms with Crippen molar-refractivity contribution in [2.75, 3.05) is 17.7 Å². The second-order valence-corrected chi connectivity index (χ2v) is 7.29. The molecule has 146 valence electrons. The van der Waals surface area contributed by atoms with E-state index in [1.54, 1.807) is 19.1 Å². The van der Waals surface area contributed by atoms with E-state index in [2.05, 4.69) is 5.32 Å². The highest BCUT2D eigenvalue weighted by molar-refractivity contribution is 5.95. The van der Waals surface area contributed by atoms with Gasteiger partial charge in [0.1, 0.15) is 11.6 Å². The van der Waals surface area contributed by atoms with E-state index < -0.39 is 11.9 Å². The molecule has 1 aromatic heterocycles. The first-order valence-electron chi connectivity index (χ1n) is 9.72. The van der Waals surface area contributed by atoms with Crippen LogP contribution >= 0.6 is 0 Å². The number of carbonyl (C=O) groups is 1. The lowest BCUT2D eigenvalue weighted by atomic mass is 9.79. The molecule has 0 fully saturated rings. The van der Waals surface area contributed by atoms with Crippen molar-refractivity contribution in [1.82, 2.24) is 4.98 Å². The molecule has 28 heavy (non-hydrogen) atoms. The van der Waals surface area contributed by atoms with Gasteiger partial charge in [0.2, 0.25) is 0 Å². The van der Waals surface area contributed by atoms with Gasteiger partial charge in [0.25, 0.3) is 0 Å². The molecule has 2 heterocycles. The quantitative estimate of drug-likeness (QED) is 0.784. The zero-order valence-corrected chi connectivity index (χ0v) is 16.1. The fourth-order valence-corrected chi connectivity index (χ4v) is 4.25. The third-order valence-electron chi connectivity index (χ3n) is 5.54. The minimum Gasteiger partial charge on any atom is -0.463 e. The highest BCUT2D eigenvalue weighted by atomic mass is 19.1. The Labute approximate surface area is 163 Å². The molecule has 2 aliphatic rings. The third kappa shape index (κ3) is 3.03. The molecule has 1 atom stereocenters. The molecule has 3 N–H and O–H groups in total. The number of nitrogens with one attached hydrogen (secondary N) is 1. The number of pyridine rings is 1. The zero-order valence-electron chi connectivity index (χ0n) is 16.1. The first kappa shape index (κ1) is 18.5. The van der Waals surface area contributed by atoms with Gasteiger partial charge in [-0.1, -0.05) is 12.1 Å². The van der Waals surface area contributed by atoms with Crippen molar-refractivity contribution in [3.05, 3.63) is 63.7 Å². The Bertz CT molecular complexity index is 967. The highest BCUT2D eigenvalue weighted by Crippen LogP contribution is 2.46. The number of hydrogen-bond donors (Lipinski definition) is 2. The minimum atomic E-state index is -0.448. The number of rotatable bonds is 3. The van der Waals surface area contributed by atoms with Gasteiger partial charge in [-0.2, -0.15) is 0 Å². The molecule has 0 radical (unpaired) electrons. The first-order valence-corrected chi connectivity index (χ1v) is 9.72. The van der Waals surface area contributed by atoms with Crippen molar-refractivity contribution in [1.29, 1.82) is 0 Å². The lowest BCUT2D eigenvalue weighted by molar-refractivity contribution is -0.138. The topological polar surface area (TPSA) is 77.2 Å². The summed E-state index contributed by atoms with van der Waals surface area (Å²) in [5, 5.41) is 3.26. The maximum absolute atomic E-state index is 13.6. The maximum atomic E-state index is 13.6. The summed E-state index contributed by atoms with van der Waals surface area (Å²) in [5.41, 5.74) is 12.2. The van der Waals surface area contributed by atoms with Crippen LogP contribution in [0.25, 0.3) is 0 Å². The predicted molar refractivity (Wildman–Crippen MR) is 106 cm³/mol. The molecule has 0 saturated heterocycles. The summed E-state index contributed by atoms with van der Waals surface area (Å²) < 4.78 is 18.9. The third-order valence-corrected chi connectivity index (χ3v) is 5.54. The number of halogens is 1. The van der Waals surface area contributed by atoms with Gasteiger partial charge in [-0.25, -0.2) is 14.2 Å². The molecule has 2 aromatic rings. The number of aromatic nitrogens is 1. The molecule has 0 amide bonds. The lowest BCUT2D eigenvalue weighted by Gasteiger charge is -2.32. The van der Waals surface area contributed by atoms with Crippen molar-refractivity contribution in [3.8, 4) is 0 Å². The second-order valence-electron chi connectivity index (χ2n) is 7.29.